The molecule has 3 unspecified atom stereocenters. The van der Waals surface area contributed by atoms with Gasteiger partial charge in [-0.15, -0.1) is 0 Å². The Morgan fingerprint density at radius 3 is 3.00 bits per heavy atom. The fraction of sp³-hybridized carbons (Fsp3) is 0.625. The quantitative estimate of drug-likeness (QED) is 0.894. The number of hydrogen-bond donors (Lipinski definition) is 1. The van der Waals surface area contributed by atoms with Gasteiger partial charge in [0.15, 0.2) is 0 Å². The largest absolute Gasteiger partial charge is 0.380 e. The summed E-state index contributed by atoms with van der Waals surface area (Å²) < 4.78 is 6.66. The van der Waals surface area contributed by atoms with Gasteiger partial charge in [0.1, 0.15) is 0 Å². The minimum Gasteiger partial charge on any atom is -0.380 e. The normalized spacial score (nSPS) is 25.6. The molecule has 0 bridgehead atoms. The minimum absolute atomic E-state index is 0.104. The molecular formula is C16H25BrN2O. The molecule has 1 heterocycles. The van der Waals surface area contributed by atoms with Crippen molar-refractivity contribution in [3.05, 3.63) is 34.3 Å². The average Bonchev–Trinajstić information content (AvgIpc) is 2.46. The zero-order chi connectivity index (χ0) is 14.5. The first-order valence-electron chi connectivity index (χ1n) is 7.36. The van der Waals surface area contributed by atoms with Crippen LogP contribution in [-0.4, -0.2) is 37.7 Å². The van der Waals surface area contributed by atoms with Crippen LogP contribution < -0.4 is 5.73 Å². The van der Waals surface area contributed by atoms with Crippen LogP contribution in [0.5, 0.6) is 0 Å². The van der Waals surface area contributed by atoms with Gasteiger partial charge in [-0.25, -0.2) is 0 Å². The zero-order valence-electron chi connectivity index (χ0n) is 12.4. The van der Waals surface area contributed by atoms with Crippen LogP contribution in [0.1, 0.15) is 31.4 Å². The van der Waals surface area contributed by atoms with Crippen molar-refractivity contribution in [2.24, 2.45) is 11.7 Å². The number of ether oxygens (including phenoxy) is 1. The molecule has 0 radical (unpaired) electrons. The highest BCUT2D eigenvalue weighted by Gasteiger charge is 2.25. The van der Waals surface area contributed by atoms with Crippen molar-refractivity contribution in [3.8, 4) is 0 Å². The molecule has 1 aromatic carbocycles. The number of nitrogens with zero attached hydrogens (tertiary/aromatic N) is 1. The summed E-state index contributed by atoms with van der Waals surface area (Å²) in [5.74, 6) is 0.662. The molecule has 3 atom stereocenters. The molecule has 0 saturated carbocycles. The molecule has 1 aliphatic rings. The predicted molar refractivity (Wildman–Crippen MR) is 86.7 cm³/mol. The Kier molecular flexibility index (Phi) is 6.02. The molecule has 1 fully saturated rings. The van der Waals surface area contributed by atoms with Crippen LogP contribution >= 0.6 is 15.9 Å². The third-order valence-corrected chi connectivity index (χ3v) is 4.80. The van der Waals surface area contributed by atoms with Crippen LogP contribution in [0.4, 0.5) is 0 Å². The number of methoxy groups -OCH3 is 1. The lowest BCUT2D eigenvalue weighted by Gasteiger charge is -2.36. The Labute approximate surface area is 130 Å². The number of likely N-dealkylation sites (tertiary alicyclic amines) is 1. The predicted octanol–water partition coefficient (Wildman–Crippen LogP) is 3.20. The third kappa shape index (κ3) is 4.29. The Morgan fingerprint density at radius 1 is 1.50 bits per heavy atom. The first-order valence-corrected chi connectivity index (χ1v) is 8.15. The van der Waals surface area contributed by atoms with E-state index in [9.17, 15) is 0 Å². The summed E-state index contributed by atoms with van der Waals surface area (Å²) in [5.41, 5.74) is 7.50. The highest BCUT2D eigenvalue weighted by Crippen LogP contribution is 2.22. The van der Waals surface area contributed by atoms with Gasteiger partial charge in [-0.05, 0) is 43.0 Å². The van der Waals surface area contributed by atoms with E-state index in [1.165, 1.54) is 12.0 Å². The number of benzene rings is 1. The standard InChI is InChI=1S/C16H25BrN2O/c1-12-6-8-19(11-16(12)20-2)9-7-15(18)13-4-3-5-14(17)10-13/h3-5,10,12,15-16H,6-9,11,18H2,1-2H3. The second kappa shape index (κ2) is 7.55. The van der Waals surface area contributed by atoms with Crippen molar-refractivity contribution in [2.45, 2.75) is 31.9 Å². The van der Waals surface area contributed by atoms with E-state index in [1.807, 2.05) is 19.2 Å². The fourth-order valence-electron chi connectivity index (χ4n) is 2.83. The van der Waals surface area contributed by atoms with Gasteiger partial charge in [0.25, 0.3) is 0 Å². The van der Waals surface area contributed by atoms with Crippen LogP contribution in [0.15, 0.2) is 28.7 Å². The average molecular weight is 341 g/mol. The van der Waals surface area contributed by atoms with Crippen molar-refractivity contribution in [1.29, 1.82) is 0 Å². The van der Waals surface area contributed by atoms with E-state index in [2.05, 4.69) is 39.9 Å². The number of hydrogen-bond acceptors (Lipinski definition) is 3. The van der Waals surface area contributed by atoms with Crippen molar-refractivity contribution in [2.75, 3.05) is 26.7 Å². The van der Waals surface area contributed by atoms with Gasteiger partial charge in [-0.1, -0.05) is 35.0 Å². The highest BCUT2D eigenvalue weighted by atomic mass is 79.9. The van der Waals surface area contributed by atoms with Gasteiger partial charge >= 0.3 is 0 Å². The lowest BCUT2D eigenvalue weighted by molar-refractivity contribution is -0.00555. The summed E-state index contributed by atoms with van der Waals surface area (Å²) in [7, 11) is 1.82. The maximum Gasteiger partial charge on any atom is 0.0724 e. The Hall–Kier alpha value is -0.420. The monoisotopic (exact) mass is 340 g/mol. The summed E-state index contributed by atoms with van der Waals surface area (Å²) in [4.78, 5) is 2.48. The third-order valence-electron chi connectivity index (χ3n) is 4.31. The Bertz CT molecular complexity index is 427. The molecule has 20 heavy (non-hydrogen) atoms. The molecule has 2 rings (SSSR count). The zero-order valence-corrected chi connectivity index (χ0v) is 14.0. The van der Waals surface area contributed by atoms with Gasteiger partial charge in [0.2, 0.25) is 0 Å². The molecule has 1 saturated heterocycles. The first-order chi connectivity index (χ1) is 9.60. The molecule has 4 heteroatoms. The summed E-state index contributed by atoms with van der Waals surface area (Å²) in [5, 5.41) is 0. The molecule has 1 aromatic rings. The van der Waals surface area contributed by atoms with E-state index >= 15 is 0 Å². The number of rotatable bonds is 5. The van der Waals surface area contributed by atoms with E-state index in [-0.39, 0.29) is 6.04 Å². The van der Waals surface area contributed by atoms with Gasteiger partial charge in [0.05, 0.1) is 6.10 Å². The molecule has 3 nitrogen and oxygen atoms in total. The summed E-state index contributed by atoms with van der Waals surface area (Å²) >= 11 is 3.50. The van der Waals surface area contributed by atoms with Gasteiger partial charge < -0.3 is 15.4 Å². The van der Waals surface area contributed by atoms with Crippen molar-refractivity contribution in [3.63, 3.8) is 0 Å². The Balaban J connectivity index is 1.83. The van der Waals surface area contributed by atoms with E-state index in [0.29, 0.717) is 12.0 Å². The van der Waals surface area contributed by atoms with E-state index in [4.69, 9.17) is 10.5 Å². The molecule has 2 N–H and O–H groups in total. The Morgan fingerprint density at radius 2 is 2.30 bits per heavy atom. The van der Waals surface area contributed by atoms with E-state index in [0.717, 1.165) is 30.5 Å². The number of nitrogens with two attached hydrogens (primary N) is 1. The molecule has 112 valence electrons. The van der Waals surface area contributed by atoms with Crippen molar-refractivity contribution < 1.29 is 4.74 Å². The maximum atomic E-state index is 6.30. The smallest absolute Gasteiger partial charge is 0.0724 e. The minimum atomic E-state index is 0.104. The SMILES string of the molecule is COC1CN(CCC(N)c2cccc(Br)c2)CCC1C. The lowest BCUT2D eigenvalue weighted by Crippen LogP contribution is -2.44. The summed E-state index contributed by atoms with van der Waals surface area (Å²) in [6.07, 6.45) is 2.57. The van der Waals surface area contributed by atoms with Gasteiger partial charge in [-0.2, -0.15) is 0 Å². The molecule has 0 aromatic heterocycles. The van der Waals surface area contributed by atoms with Crippen LogP contribution in [0.25, 0.3) is 0 Å². The first kappa shape index (κ1) is 16.0. The fourth-order valence-corrected chi connectivity index (χ4v) is 3.25. The molecular weight excluding hydrogens is 316 g/mol. The molecule has 1 aliphatic heterocycles. The van der Waals surface area contributed by atoms with Crippen LogP contribution in [0.2, 0.25) is 0 Å². The topological polar surface area (TPSA) is 38.5 Å². The second-order valence-electron chi connectivity index (χ2n) is 5.79. The van der Waals surface area contributed by atoms with Crippen LogP contribution in [-0.2, 0) is 4.74 Å². The lowest BCUT2D eigenvalue weighted by atomic mass is 9.95. The van der Waals surface area contributed by atoms with Crippen LogP contribution in [0, 0.1) is 5.92 Å². The molecule has 0 amide bonds. The van der Waals surface area contributed by atoms with E-state index < -0.39 is 0 Å². The maximum absolute atomic E-state index is 6.30. The van der Waals surface area contributed by atoms with Gasteiger partial charge in [0, 0.05) is 30.7 Å². The summed E-state index contributed by atoms with van der Waals surface area (Å²) in [6.45, 7) is 5.51. The summed E-state index contributed by atoms with van der Waals surface area (Å²) in [6, 6.07) is 8.40. The highest BCUT2D eigenvalue weighted by molar-refractivity contribution is 9.10. The number of halogens is 1. The van der Waals surface area contributed by atoms with Crippen molar-refractivity contribution >= 4 is 15.9 Å². The van der Waals surface area contributed by atoms with Crippen molar-refractivity contribution in [1.82, 2.24) is 4.90 Å². The van der Waals surface area contributed by atoms with Gasteiger partial charge in [-0.3, -0.25) is 0 Å². The number of piperidine rings is 1. The van der Waals surface area contributed by atoms with E-state index in [1.54, 1.807) is 0 Å². The molecule has 0 spiro atoms. The molecule has 0 aliphatic carbocycles. The second-order valence-corrected chi connectivity index (χ2v) is 6.71. The van der Waals surface area contributed by atoms with Crippen LogP contribution in [0.3, 0.4) is 0 Å².